The minimum absolute atomic E-state index is 0.0364. The Hall–Kier alpha value is -3.75. The molecular weight excluding hydrogens is 532 g/mol. The summed E-state index contributed by atoms with van der Waals surface area (Å²) in [6.07, 6.45) is 1.77. The molecule has 2 fully saturated rings. The number of hydrogen-bond acceptors (Lipinski definition) is 7. The molecule has 1 amide bonds. The first-order valence-corrected chi connectivity index (χ1v) is 15.0. The SMILES string of the molecule is CCOc1cc2c(cc1OCC)C1(CC1)N(CC(=O)c1cc(N3CCN(C(C)=O)CC3)c(OC)c(C(C)(C)C)c1)C2=N. The average molecular weight is 577 g/mol. The van der Waals surface area contributed by atoms with Crippen LogP contribution < -0.4 is 19.1 Å². The molecule has 9 heteroatoms. The number of fused-ring (bicyclic) bond motifs is 2. The number of piperazine rings is 1. The molecule has 3 aliphatic rings. The van der Waals surface area contributed by atoms with E-state index in [1.807, 2.05) is 47.9 Å². The molecule has 5 rings (SSSR count). The zero-order valence-corrected chi connectivity index (χ0v) is 26.1. The van der Waals surface area contributed by atoms with Gasteiger partial charge in [-0.1, -0.05) is 20.8 Å². The summed E-state index contributed by atoms with van der Waals surface area (Å²) in [6.45, 7) is 15.5. The van der Waals surface area contributed by atoms with Crippen LogP contribution in [0.5, 0.6) is 17.2 Å². The van der Waals surface area contributed by atoms with E-state index in [-0.39, 0.29) is 29.2 Å². The number of hydrogen-bond donors (Lipinski definition) is 1. The van der Waals surface area contributed by atoms with Gasteiger partial charge in [-0.3, -0.25) is 15.0 Å². The number of Topliss-reactive ketones (excluding diaryl/α,β-unsaturated/α-hetero) is 1. The van der Waals surface area contributed by atoms with Crippen molar-refractivity contribution in [3.8, 4) is 17.2 Å². The molecule has 2 aromatic rings. The van der Waals surface area contributed by atoms with Gasteiger partial charge in [0, 0.05) is 49.8 Å². The molecule has 0 bridgehead atoms. The van der Waals surface area contributed by atoms with E-state index >= 15 is 0 Å². The van der Waals surface area contributed by atoms with E-state index in [0.29, 0.717) is 62.3 Å². The van der Waals surface area contributed by atoms with Crippen LogP contribution in [0.2, 0.25) is 0 Å². The minimum Gasteiger partial charge on any atom is -0.494 e. The fraction of sp³-hybridized carbons (Fsp3) is 0.545. The lowest BCUT2D eigenvalue weighted by molar-refractivity contribution is -0.129. The number of ether oxygens (including phenoxy) is 3. The highest BCUT2D eigenvalue weighted by molar-refractivity contribution is 6.07. The van der Waals surface area contributed by atoms with Crippen LogP contribution in [0.15, 0.2) is 24.3 Å². The van der Waals surface area contributed by atoms with Gasteiger partial charge < -0.3 is 28.9 Å². The number of ketones is 1. The van der Waals surface area contributed by atoms with E-state index < -0.39 is 0 Å². The van der Waals surface area contributed by atoms with Gasteiger partial charge >= 0.3 is 0 Å². The van der Waals surface area contributed by atoms with Gasteiger partial charge in [-0.15, -0.1) is 0 Å². The first-order valence-electron chi connectivity index (χ1n) is 15.0. The van der Waals surface area contributed by atoms with Gasteiger partial charge in [-0.2, -0.15) is 0 Å². The maximum atomic E-state index is 14.1. The van der Waals surface area contributed by atoms with Crippen LogP contribution in [-0.2, 0) is 15.7 Å². The number of nitrogens with zero attached hydrogens (tertiary/aromatic N) is 3. The second kappa shape index (κ2) is 11.2. The molecule has 9 nitrogen and oxygen atoms in total. The number of amidine groups is 1. The molecule has 226 valence electrons. The lowest BCUT2D eigenvalue weighted by atomic mass is 9.84. The highest BCUT2D eigenvalue weighted by Gasteiger charge is 2.57. The van der Waals surface area contributed by atoms with Crippen molar-refractivity contribution in [2.45, 2.75) is 65.3 Å². The number of anilines is 1. The first-order chi connectivity index (χ1) is 19.9. The van der Waals surface area contributed by atoms with Crippen molar-refractivity contribution < 1.29 is 23.8 Å². The van der Waals surface area contributed by atoms with Crippen LogP contribution in [0.25, 0.3) is 0 Å². The lowest BCUT2D eigenvalue weighted by Gasteiger charge is -2.37. The molecule has 1 saturated carbocycles. The zero-order chi connectivity index (χ0) is 30.4. The quantitative estimate of drug-likeness (QED) is 0.421. The number of rotatable bonds is 9. The Morgan fingerprint density at radius 3 is 2.10 bits per heavy atom. The molecule has 2 aliphatic heterocycles. The van der Waals surface area contributed by atoms with E-state index in [1.54, 1.807) is 14.0 Å². The Labute approximate surface area is 249 Å². The molecule has 2 aromatic carbocycles. The average Bonchev–Trinajstić information content (AvgIpc) is 3.73. The van der Waals surface area contributed by atoms with Crippen LogP contribution in [0.1, 0.15) is 81.4 Å². The Morgan fingerprint density at radius 1 is 0.952 bits per heavy atom. The predicted octanol–water partition coefficient (Wildman–Crippen LogP) is 4.97. The van der Waals surface area contributed by atoms with Gasteiger partial charge in [0.1, 0.15) is 11.6 Å². The number of methoxy groups -OCH3 is 1. The molecule has 0 aromatic heterocycles. The van der Waals surface area contributed by atoms with Gasteiger partial charge in [0.2, 0.25) is 5.91 Å². The maximum Gasteiger partial charge on any atom is 0.219 e. The summed E-state index contributed by atoms with van der Waals surface area (Å²) < 4.78 is 17.7. The van der Waals surface area contributed by atoms with Gasteiger partial charge in [0.25, 0.3) is 0 Å². The molecule has 0 unspecified atom stereocenters. The van der Waals surface area contributed by atoms with Gasteiger partial charge in [0.05, 0.1) is 38.1 Å². The highest BCUT2D eigenvalue weighted by Crippen LogP contribution is 2.58. The predicted molar refractivity (Wildman–Crippen MR) is 164 cm³/mol. The lowest BCUT2D eigenvalue weighted by Crippen LogP contribution is -2.48. The number of amides is 1. The third kappa shape index (κ3) is 5.18. The van der Waals surface area contributed by atoms with Gasteiger partial charge in [0.15, 0.2) is 17.3 Å². The molecular formula is C33H44N4O5. The molecule has 1 aliphatic carbocycles. The fourth-order valence-corrected chi connectivity index (χ4v) is 6.35. The molecule has 0 atom stereocenters. The Bertz CT molecular complexity index is 1400. The smallest absolute Gasteiger partial charge is 0.219 e. The zero-order valence-electron chi connectivity index (χ0n) is 26.1. The van der Waals surface area contributed by atoms with E-state index in [2.05, 4.69) is 25.7 Å². The van der Waals surface area contributed by atoms with E-state index in [0.717, 1.165) is 41.0 Å². The van der Waals surface area contributed by atoms with Crippen LogP contribution in [-0.4, -0.2) is 80.4 Å². The van der Waals surface area contributed by atoms with Crippen molar-refractivity contribution >= 4 is 23.2 Å². The number of benzene rings is 2. The summed E-state index contributed by atoms with van der Waals surface area (Å²) in [5, 5.41) is 9.12. The van der Waals surface area contributed by atoms with Gasteiger partial charge in [-0.05, 0) is 61.9 Å². The molecule has 0 radical (unpaired) electrons. The topological polar surface area (TPSA) is 95.4 Å². The fourth-order valence-electron chi connectivity index (χ4n) is 6.35. The minimum atomic E-state index is -0.357. The number of carbonyl (C=O) groups excluding carboxylic acids is 2. The monoisotopic (exact) mass is 576 g/mol. The Kier molecular flexibility index (Phi) is 7.89. The van der Waals surface area contributed by atoms with Crippen molar-refractivity contribution in [3.05, 3.63) is 46.5 Å². The Morgan fingerprint density at radius 2 is 1.57 bits per heavy atom. The second-order valence-electron chi connectivity index (χ2n) is 12.4. The third-order valence-electron chi connectivity index (χ3n) is 8.72. The van der Waals surface area contributed by atoms with Crippen molar-refractivity contribution in [2.75, 3.05) is 57.9 Å². The van der Waals surface area contributed by atoms with Crippen molar-refractivity contribution in [1.82, 2.24) is 9.80 Å². The van der Waals surface area contributed by atoms with E-state index in [4.69, 9.17) is 19.6 Å². The standard InChI is InChI=1S/C33H44N4O5/c1-8-41-28-18-23-24(19-29(28)42-9-2)33(10-11-33)37(31(23)34)20-27(39)22-16-25(32(4,5)6)30(40-7)26(17-22)36-14-12-35(13-15-36)21(3)38/h16-19,34H,8-15,20H2,1-7H3. The van der Waals surface area contributed by atoms with Crippen molar-refractivity contribution in [3.63, 3.8) is 0 Å². The number of nitrogens with one attached hydrogen (secondary N) is 1. The molecule has 42 heavy (non-hydrogen) atoms. The third-order valence-corrected chi connectivity index (χ3v) is 8.72. The van der Waals surface area contributed by atoms with Crippen LogP contribution in [0, 0.1) is 5.41 Å². The number of carbonyl (C=O) groups is 2. The molecule has 1 saturated heterocycles. The van der Waals surface area contributed by atoms with Crippen LogP contribution in [0.3, 0.4) is 0 Å². The normalized spacial score (nSPS) is 17.4. The largest absolute Gasteiger partial charge is 0.494 e. The van der Waals surface area contributed by atoms with Crippen molar-refractivity contribution in [1.29, 1.82) is 5.41 Å². The summed E-state index contributed by atoms with van der Waals surface area (Å²) in [4.78, 5) is 32.1. The molecule has 1 N–H and O–H groups in total. The first kappa shape index (κ1) is 29.7. The summed E-state index contributed by atoms with van der Waals surface area (Å²) in [5.41, 5.74) is 3.67. The molecule has 2 heterocycles. The van der Waals surface area contributed by atoms with Crippen LogP contribution in [0.4, 0.5) is 5.69 Å². The summed E-state index contributed by atoms with van der Waals surface area (Å²) in [6, 6.07) is 7.82. The summed E-state index contributed by atoms with van der Waals surface area (Å²) in [5.74, 6) is 2.47. The maximum absolute atomic E-state index is 14.1. The van der Waals surface area contributed by atoms with Crippen LogP contribution >= 0.6 is 0 Å². The highest BCUT2D eigenvalue weighted by atomic mass is 16.5. The summed E-state index contributed by atoms with van der Waals surface area (Å²) in [7, 11) is 1.67. The second-order valence-corrected chi connectivity index (χ2v) is 12.4. The van der Waals surface area contributed by atoms with Gasteiger partial charge in [-0.25, -0.2) is 0 Å². The van der Waals surface area contributed by atoms with Crippen molar-refractivity contribution in [2.24, 2.45) is 0 Å². The summed E-state index contributed by atoms with van der Waals surface area (Å²) >= 11 is 0. The molecule has 1 spiro atoms. The van der Waals surface area contributed by atoms with E-state index in [1.165, 1.54) is 0 Å². The van der Waals surface area contributed by atoms with E-state index in [9.17, 15) is 9.59 Å². The Balaban J connectivity index is 1.48.